The fraction of sp³-hybridized carbons (Fsp3) is 1.00. The highest BCUT2D eigenvalue weighted by molar-refractivity contribution is 7.86. The van der Waals surface area contributed by atoms with Crippen molar-refractivity contribution >= 4 is 10.1 Å². The van der Waals surface area contributed by atoms with E-state index in [1.165, 1.54) is 32.1 Å². The highest BCUT2D eigenvalue weighted by Gasteiger charge is 2.09. The zero-order valence-electron chi connectivity index (χ0n) is 10.2. The van der Waals surface area contributed by atoms with Gasteiger partial charge in [-0.15, -0.1) is 0 Å². The van der Waals surface area contributed by atoms with Crippen molar-refractivity contribution in [2.45, 2.75) is 64.9 Å². The van der Waals surface area contributed by atoms with Gasteiger partial charge in [-0.05, 0) is 13.3 Å². The van der Waals surface area contributed by atoms with E-state index in [2.05, 4.69) is 6.92 Å². The molecule has 92 valence electrons. The Kier molecular flexibility index (Phi) is 8.06. The Bertz CT molecular complexity index is 234. The Morgan fingerprint density at radius 2 is 1.60 bits per heavy atom. The summed E-state index contributed by atoms with van der Waals surface area (Å²) in [6.45, 7) is 4.01. The van der Waals surface area contributed by atoms with Gasteiger partial charge < -0.3 is 0 Å². The summed E-state index contributed by atoms with van der Waals surface area (Å²) in [5.41, 5.74) is 0. The summed E-state index contributed by atoms with van der Waals surface area (Å²) >= 11 is 0. The molecule has 0 bridgehead atoms. The number of unbranched alkanes of at least 4 members (excludes halogenated alkanes) is 5. The molecule has 0 radical (unpaired) electrons. The lowest BCUT2D eigenvalue weighted by atomic mass is 10.1. The highest BCUT2D eigenvalue weighted by atomic mass is 32.2. The van der Waals surface area contributed by atoms with Crippen LogP contribution in [0.1, 0.15) is 58.8 Å². The molecular weight excluding hydrogens is 212 g/mol. The number of hydrogen-bond acceptors (Lipinski definition) is 3. The Morgan fingerprint density at radius 1 is 1.07 bits per heavy atom. The van der Waals surface area contributed by atoms with Crippen LogP contribution in [0, 0.1) is 0 Å². The van der Waals surface area contributed by atoms with Gasteiger partial charge in [-0.25, -0.2) is 0 Å². The molecule has 0 spiro atoms. The first kappa shape index (κ1) is 14.9. The molecule has 0 aromatic rings. The van der Waals surface area contributed by atoms with Gasteiger partial charge in [0.25, 0.3) is 10.1 Å². The maximum atomic E-state index is 10.8. The number of hydrogen-bond donors (Lipinski definition) is 0. The smallest absolute Gasteiger partial charge is 0.264 e. The molecule has 0 saturated carbocycles. The third kappa shape index (κ3) is 11.8. The van der Waals surface area contributed by atoms with E-state index in [0.29, 0.717) is 0 Å². The van der Waals surface area contributed by atoms with Crippen LogP contribution in [0.2, 0.25) is 0 Å². The van der Waals surface area contributed by atoms with E-state index in [4.69, 9.17) is 4.18 Å². The summed E-state index contributed by atoms with van der Waals surface area (Å²) in [6, 6.07) is 0. The highest BCUT2D eigenvalue weighted by Crippen LogP contribution is 2.11. The molecule has 0 aromatic heterocycles. The van der Waals surface area contributed by atoms with Gasteiger partial charge in [-0.1, -0.05) is 45.4 Å². The van der Waals surface area contributed by atoms with E-state index < -0.39 is 10.1 Å². The van der Waals surface area contributed by atoms with Crippen LogP contribution in [0.5, 0.6) is 0 Å². The van der Waals surface area contributed by atoms with Crippen LogP contribution in [-0.4, -0.2) is 20.8 Å². The normalized spacial score (nSPS) is 14.1. The van der Waals surface area contributed by atoms with Gasteiger partial charge in [0.1, 0.15) is 0 Å². The number of rotatable bonds is 9. The Labute approximate surface area is 94.3 Å². The first-order chi connectivity index (χ1) is 6.95. The SMILES string of the molecule is CCCCCCCCC(C)OS(C)(=O)=O. The summed E-state index contributed by atoms with van der Waals surface area (Å²) in [4.78, 5) is 0. The van der Waals surface area contributed by atoms with Crippen molar-refractivity contribution in [3.8, 4) is 0 Å². The second-order valence-corrected chi connectivity index (χ2v) is 5.77. The van der Waals surface area contributed by atoms with Crippen LogP contribution >= 0.6 is 0 Å². The van der Waals surface area contributed by atoms with Crippen molar-refractivity contribution in [3.63, 3.8) is 0 Å². The van der Waals surface area contributed by atoms with Crippen LogP contribution in [0.4, 0.5) is 0 Å². The Hall–Kier alpha value is -0.0900. The molecule has 0 aliphatic carbocycles. The standard InChI is InChI=1S/C11H24O3S/c1-4-5-6-7-8-9-10-11(2)14-15(3,12)13/h11H,4-10H2,1-3H3. The summed E-state index contributed by atoms with van der Waals surface area (Å²) in [6.07, 6.45) is 9.09. The van der Waals surface area contributed by atoms with E-state index in [9.17, 15) is 8.42 Å². The molecule has 0 heterocycles. The van der Waals surface area contributed by atoms with Gasteiger partial charge in [0, 0.05) is 0 Å². The van der Waals surface area contributed by atoms with Crippen molar-refractivity contribution in [3.05, 3.63) is 0 Å². The molecule has 0 amide bonds. The minimum Gasteiger partial charge on any atom is -0.267 e. The first-order valence-corrected chi connectivity index (χ1v) is 7.65. The van der Waals surface area contributed by atoms with Gasteiger partial charge in [-0.2, -0.15) is 8.42 Å². The van der Waals surface area contributed by atoms with Crippen LogP contribution in [0.3, 0.4) is 0 Å². The fourth-order valence-electron chi connectivity index (χ4n) is 1.56. The monoisotopic (exact) mass is 236 g/mol. The molecule has 15 heavy (non-hydrogen) atoms. The minimum absolute atomic E-state index is 0.175. The van der Waals surface area contributed by atoms with Crippen molar-refractivity contribution in [1.82, 2.24) is 0 Å². The van der Waals surface area contributed by atoms with Crippen molar-refractivity contribution in [2.24, 2.45) is 0 Å². The average molecular weight is 236 g/mol. The molecule has 0 aromatic carbocycles. The summed E-state index contributed by atoms with van der Waals surface area (Å²) in [5, 5.41) is 0. The van der Waals surface area contributed by atoms with Crippen LogP contribution in [0.25, 0.3) is 0 Å². The second kappa shape index (κ2) is 8.11. The summed E-state index contributed by atoms with van der Waals surface area (Å²) < 4.78 is 26.4. The van der Waals surface area contributed by atoms with Gasteiger partial charge in [0.15, 0.2) is 0 Å². The third-order valence-corrected chi connectivity index (χ3v) is 2.98. The topological polar surface area (TPSA) is 43.4 Å². The maximum absolute atomic E-state index is 10.8. The molecule has 0 saturated heterocycles. The van der Waals surface area contributed by atoms with Crippen molar-refractivity contribution in [2.75, 3.05) is 6.26 Å². The van der Waals surface area contributed by atoms with Crippen LogP contribution < -0.4 is 0 Å². The average Bonchev–Trinajstić information content (AvgIpc) is 2.08. The summed E-state index contributed by atoms with van der Waals surface area (Å²) in [7, 11) is -3.27. The predicted molar refractivity (Wildman–Crippen MR) is 63.4 cm³/mol. The molecular formula is C11H24O3S. The van der Waals surface area contributed by atoms with Gasteiger partial charge in [0.05, 0.1) is 12.4 Å². The van der Waals surface area contributed by atoms with Crippen LogP contribution in [0.15, 0.2) is 0 Å². The van der Waals surface area contributed by atoms with E-state index in [0.717, 1.165) is 19.1 Å². The largest absolute Gasteiger partial charge is 0.267 e. The lowest BCUT2D eigenvalue weighted by Gasteiger charge is -2.10. The lowest BCUT2D eigenvalue weighted by Crippen LogP contribution is -2.13. The maximum Gasteiger partial charge on any atom is 0.264 e. The zero-order chi connectivity index (χ0) is 11.7. The van der Waals surface area contributed by atoms with E-state index in [1.807, 2.05) is 6.92 Å². The molecule has 0 rings (SSSR count). The molecule has 1 unspecified atom stereocenters. The van der Waals surface area contributed by atoms with E-state index >= 15 is 0 Å². The quantitative estimate of drug-likeness (QED) is 0.456. The summed E-state index contributed by atoms with van der Waals surface area (Å²) in [5.74, 6) is 0. The van der Waals surface area contributed by atoms with E-state index in [-0.39, 0.29) is 6.10 Å². The zero-order valence-corrected chi connectivity index (χ0v) is 11.0. The van der Waals surface area contributed by atoms with Gasteiger partial charge in [-0.3, -0.25) is 4.18 Å². The minimum atomic E-state index is -3.27. The molecule has 0 fully saturated rings. The second-order valence-electron chi connectivity index (χ2n) is 4.17. The predicted octanol–water partition coefficient (Wildman–Crippen LogP) is 3.10. The fourth-order valence-corrected chi connectivity index (χ4v) is 2.25. The molecule has 0 N–H and O–H groups in total. The Morgan fingerprint density at radius 3 is 2.13 bits per heavy atom. The first-order valence-electron chi connectivity index (χ1n) is 5.84. The molecule has 3 nitrogen and oxygen atoms in total. The molecule has 1 atom stereocenters. The van der Waals surface area contributed by atoms with Crippen molar-refractivity contribution < 1.29 is 12.6 Å². The lowest BCUT2D eigenvalue weighted by molar-refractivity contribution is 0.216. The van der Waals surface area contributed by atoms with Crippen LogP contribution in [-0.2, 0) is 14.3 Å². The van der Waals surface area contributed by atoms with Crippen molar-refractivity contribution in [1.29, 1.82) is 0 Å². The Balaban J connectivity index is 3.36. The molecule has 0 aliphatic heterocycles. The third-order valence-electron chi connectivity index (χ3n) is 2.30. The van der Waals surface area contributed by atoms with Gasteiger partial charge in [0.2, 0.25) is 0 Å². The van der Waals surface area contributed by atoms with E-state index in [1.54, 1.807) is 0 Å². The molecule has 0 aliphatic rings. The molecule has 4 heteroatoms. The van der Waals surface area contributed by atoms with Gasteiger partial charge >= 0.3 is 0 Å².